The molecular weight excluding hydrogens is 278 g/mol. The number of hydrogen-bond acceptors (Lipinski definition) is 4. The Morgan fingerprint density at radius 1 is 1.27 bits per heavy atom. The van der Waals surface area contributed by atoms with E-state index in [2.05, 4.69) is 20.1 Å². The van der Waals surface area contributed by atoms with E-state index in [1.807, 2.05) is 7.05 Å². The van der Waals surface area contributed by atoms with Crippen molar-refractivity contribution in [1.29, 1.82) is 0 Å². The van der Waals surface area contributed by atoms with E-state index >= 15 is 0 Å². The van der Waals surface area contributed by atoms with E-state index in [1.165, 1.54) is 32.2 Å². The van der Waals surface area contributed by atoms with Gasteiger partial charge in [-0.1, -0.05) is 5.21 Å². The quantitative estimate of drug-likeness (QED) is 0.830. The Hall–Kier alpha value is -1.43. The molecule has 0 radical (unpaired) electrons. The third-order valence-corrected chi connectivity index (χ3v) is 5.62. The summed E-state index contributed by atoms with van der Waals surface area (Å²) < 4.78 is 1.69. The lowest BCUT2D eigenvalue weighted by molar-refractivity contribution is -0.134. The lowest BCUT2D eigenvalue weighted by atomic mass is 9.83. The summed E-state index contributed by atoms with van der Waals surface area (Å²) in [6.07, 6.45) is 8.62. The van der Waals surface area contributed by atoms with Crippen molar-refractivity contribution in [1.82, 2.24) is 24.8 Å². The van der Waals surface area contributed by atoms with E-state index in [9.17, 15) is 4.79 Å². The second-order valence-corrected chi connectivity index (χ2v) is 7.09. The van der Waals surface area contributed by atoms with Gasteiger partial charge in [0.25, 0.3) is 0 Å². The van der Waals surface area contributed by atoms with Crippen LogP contribution in [0.2, 0.25) is 0 Å². The highest BCUT2D eigenvalue weighted by Crippen LogP contribution is 2.38. The van der Waals surface area contributed by atoms with Crippen LogP contribution in [0.1, 0.15) is 37.8 Å². The molecule has 0 N–H and O–H groups in total. The van der Waals surface area contributed by atoms with Gasteiger partial charge in [-0.25, -0.2) is 0 Å². The van der Waals surface area contributed by atoms with Gasteiger partial charge in [-0.3, -0.25) is 14.4 Å². The first-order valence-corrected chi connectivity index (χ1v) is 8.59. The van der Waals surface area contributed by atoms with E-state index in [0.717, 1.165) is 37.3 Å². The summed E-state index contributed by atoms with van der Waals surface area (Å²) in [5.41, 5.74) is 0.898. The van der Waals surface area contributed by atoms with Gasteiger partial charge in [0.15, 0.2) is 0 Å². The summed E-state index contributed by atoms with van der Waals surface area (Å²) in [5.74, 6) is 0.907. The van der Waals surface area contributed by atoms with Crippen molar-refractivity contribution in [2.24, 2.45) is 13.0 Å². The third-order valence-electron chi connectivity index (χ3n) is 5.62. The van der Waals surface area contributed by atoms with Crippen LogP contribution < -0.4 is 0 Å². The number of hydrogen-bond donors (Lipinski definition) is 0. The van der Waals surface area contributed by atoms with Crippen LogP contribution in [0.25, 0.3) is 0 Å². The first kappa shape index (κ1) is 14.2. The molecule has 1 amide bonds. The van der Waals surface area contributed by atoms with E-state index in [0.29, 0.717) is 12.3 Å². The highest BCUT2D eigenvalue weighted by atomic mass is 16.2. The molecule has 6 nitrogen and oxygen atoms in total. The van der Waals surface area contributed by atoms with Gasteiger partial charge in [-0.05, 0) is 44.6 Å². The van der Waals surface area contributed by atoms with Crippen molar-refractivity contribution in [3.8, 4) is 0 Å². The maximum Gasteiger partial charge on any atom is 0.228 e. The standard InChI is InChI=1S/C16H25N5O/c1-19-14(10-17-18-19)9-16(22)20-8-6-15-12(11-20)3-2-7-21(15)13-4-5-13/h10,12-13,15H,2-9,11H2,1H3. The minimum atomic E-state index is 0.229. The van der Waals surface area contributed by atoms with Crippen LogP contribution in [0.3, 0.4) is 0 Å². The fraction of sp³-hybridized carbons (Fsp3) is 0.812. The highest BCUT2D eigenvalue weighted by molar-refractivity contribution is 5.78. The Morgan fingerprint density at radius 2 is 2.14 bits per heavy atom. The number of fused-ring (bicyclic) bond motifs is 1. The Labute approximate surface area is 131 Å². The van der Waals surface area contributed by atoms with Crippen molar-refractivity contribution < 1.29 is 4.79 Å². The second-order valence-electron chi connectivity index (χ2n) is 7.09. The summed E-state index contributed by atoms with van der Waals surface area (Å²) in [4.78, 5) is 17.4. The fourth-order valence-electron chi connectivity index (χ4n) is 4.27. The molecule has 1 aliphatic carbocycles. The number of nitrogens with zero attached hydrogens (tertiary/aromatic N) is 5. The molecule has 4 rings (SSSR count). The molecule has 120 valence electrons. The number of rotatable bonds is 3. The predicted molar refractivity (Wildman–Crippen MR) is 82.1 cm³/mol. The molecule has 3 fully saturated rings. The molecule has 1 aromatic rings. The smallest absolute Gasteiger partial charge is 0.228 e. The number of carbonyl (C=O) groups is 1. The van der Waals surface area contributed by atoms with E-state index in [4.69, 9.17) is 0 Å². The molecule has 22 heavy (non-hydrogen) atoms. The average Bonchev–Trinajstić information content (AvgIpc) is 3.30. The van der Waals surface area contributed by atoms with Gasteiger partial charge in [-0.15, -0.1) is 5.10 Å². The molecular formula is C16H25N5O. The Bertz CT molecular complexity index is 552. The molecule has 0 aromatic carbocycles. The largest absolute Gasteiger partial charge is 0.342 e. The SMILES string of the molecule is Cn1nncc1CC(=O)N1CCC2C(CCCN2C2CC2)C1. The number of likely N-dealkylation sites (tertiary alicyclic amines) is 2. The highest BCUT2D eigenvalue weighted by Gasteiger charge is 2.42. The van der Waals surface area contributed by atoms with Gasteiger partial charge < -0.3 is 4.90 Å². The zero-order chi connectivity index (χ0) is 15.1. The van der Waals surface area contributed by atoms with Crippen LogP contribution in [0, 0.1) is 5.92 Å². The Kier molecular flexibility index (Phi) is 3.64. The first-order valence-electron chi connectivity index (χ1n) is 8.59. The van der Waals surface area contributed by atoms with E-state index in [1.54, 1.807) is 10.9 Å². The third kappa shape index (κ3) is 2.64. The van der Waals surface area contributed by atoms with Crippen LogP contribution in [0.4, 0.5) is 0 Å². The molecule has 2 unspecified atom stereocenters. The van der Waals surface area contributed by atoms with Crippen molar-refractivity contribution in [2.45, 2.75) is 50.6 Å². The molecule has 6 heteroatoms. The van der Waals surface area contributed by atoms with Crippen molar-refractivity contribution >= 4 is 5.91 Å². The molecule has 0 spiro atoms. The van der Waals surface area contributed by atoms with Crippen LogP contribution in [0.5, 0.6) is 0 Å². The van der Waals surface area contributed by atoms with Crippen LogP contribution >= 0.6 is 0 Å². The van der Waals surface area contributed by atoms with Gasteiger partial charge in [0.05, 0.1) is 18.3 Å². The van der Waals surface area contributed by atoms with E-state index in [-0.39, 0.29) is 5.91 Å². The molecule has 2 atom stereocenters. The molecule has 2 saturated heterocycles. The molecule has 1 saturated carbocycles. The Balaban J connectivity index is 1.39. The Morgan fingerprint density at radius 3 is 2.86 bits per heavy atom. The summed E-state index contributed by atoms with van der Waals surface area (Å²) in [6, 6.07) is 1.58. The monoisotopic (exact) mass is 303 g/mol. The molecule has 0 bridgehead atoms. The zero-order valence-electron chi connectivity index (χ0n) is 13.3. The zero-order valence-corrected chi connectivity index (χ0v) is 13.3. The van der Waals surface area contributed by atoms with Crippen LogP contribution in [-0.2, 0) is 18.3 Å². The van der Waals surface area contributed by atoms with Gasteiger partial charge >= 0.3 is 0 Å². The number of amides is 1. The minimum absolute atomic E-state index is 0.229. The van der Waals surface area contributed by atoms with Crippen LogP contribution in [0.15, 0.2) is 6.20 Å². The number of aryl methyl sites for hydroxylation is 1. The molecule has 3 heterocycles. The summed E-state index contributed by atoms with van der Waals surface area (Å²) in [6.45, 7) is 3.13. The molecule has 3 aliphatic rings. The lowest BCUT2D eigenvalue weighted by Gasteiger charge is -2.47. The minimum Gasteiger partial charge on any atom is -0.342 e. The summed E-state index contributed by atoms with van der Waals surface area (Å²) in [5, 5.41) is 7.76. The second kappa shape index (κ2) is 5.65. The van der Waals surface area contributed by atoms with Crippen molar-refractivity contribution in [3.05, 3.63) is 11.9 Å². The van der Waals surface area contributed by atoms with Gasteiger partial charge in [0.2, 0.25) is 5.91 Å². The molecule has 2 aliphatic heterocycles. The average molecular weight is 303 g/mol. The molecule has 1 aromatic heterocycles. The first-order chi connectivity index (χ1) is 10.7. The normalized spacial score (nSPS) is 29.4. The lowest BCUT2D eigenvalue weighted by Crippen LogP contribution is -2.55. The van der Waals surface area contributed by atoms with Gasteiger partial charge in [0.1, 0.15) is 0 Å². The predicted octanol–water partition coefficient (Wildman–Crippen LogP) is 0.833. The van der Waals surface area contributed by atoms with Crippen molar-refractivity contribution in [2.75, 3.05) is 19.6 Å². The fourth-order valence-corrected chi connectivity index (χ4v) is 4.27. The topological polar surface area (TPSA) is 54.3 Å². The number of piperidine rings is 2. The van der Waals surface area contributed by atoms with E-state index < -0.39 is 0 Å². The maximum atomic E-state index is 12.6. The number of carbonyl (C=O) groups excluding carboxylic acids is 1. The van der Waals surface area contributed by atoms with Gasteiger partial charge in [-0.2, -0.15) is 0 Å². The maximum absolute atomic E-state index is 12.6. The number of aromatic nitrogens is 3. The van der Waals surface area contributed by atoms with Crippen LogP contribution in [-0.4, -0.2) is 62.4 Å². The van der Waals surface area contributed by atoms with Gasteiger partial charge in [0, 0.05) is 32.2 Å². The summed E-state index contributed by atoms with van der Waals surface area (Å²) in [7, 11) is 1.84. The summed E-state index contributed by atoms with van der Waals surface area (Å²) >= 11 is 0. The van der Waals surface area contributed by atoms with Crippen molar-refractivity contribution in [3.63, 3.8) is 0 Å².